The van der Waals surface area contributed by atoms with Gasteiger partial charge in [-0.1, -0.05) is 32.4 Å². The fourth-order valence-electron chi connectivity index (χ4n) is 2.06. The first-order chi connectivity index (χ1) is 9.16. The summed E-state index contributed by atoms with van der Waals surface area (Å²) in [7, 11) is 0. The first-order valence-electron chi connectivity index (χ1n) is 6.76. The van der Waals surface area contributed by atoms with E-state index in [-0.39, 0.29) is 30.5 Å². The Balaban J connectivity index is 2.73. The molecule has 0 radical (unpaired) electrons. The highest BCUT2D eigenvalue weighted by Crippen LogP contribution is 2.22. The lowest BCUT2D eigenvalue weighted by atomic mass is 9.85. The highest BCUT2D eigenvalue weighted by molar-refractivity contribution is 6.31. The van der Waals surface area contributed by atoms with E-state index in [0.717, 1.165) is 11.4 Å². The van der Waals surface area contributed by atoms with E-state index in [2.05, 4.69) is 10.4 Å². The molecule has 0 aliphatic rings. The second-order valence-electron chi connectivity index (χ2n) is 6.14. The molecule has 114 valence electrons. The van der Waals surface area contributed by atoms with Crippen LogP contribution in [0.2, 0.25) is 5.02 Å². The van der Waals surface area contributed by atoms with Crippen LogP contribution in [0.25, 0.3) is 0 Å². The van der Waals surface area contributed by atoms with Gasteiger partial charge in [0.05, 0.1) is 16.4 Å². The zero-order valence-corrected chi connectivity index (χ0v) is 13.6. The van der Waals surface area contributed by atoms with Gasteiger partial charge in [0.2, 0.25) is 5.91 Å². The Kier molecular flexibility index (Phi) is 5.59. The first kappa shape index (κ1) is 17.0. The van der Waals surface area contributed by atoms with Crippen molar-refractivity contribution in [1.82, 2.24) is 15.1 Å². The number of aromatic nitrogens is 2. The quantitative estimate of drug-likeness (QED) is 0.875. The number of halogens is 1. The fraction of sp³-hybridized carbons (Fsp3) is 0.714. The molecule has 1 amide bonds. The van der Waals surface area contributed by atoms with E-state index in [1.165, 1.54) is 0 Å². The molecular formula is C14H24ClN3O2. The van der Waals surface area contributed by atoms with Crippen LogP contribution in [0.3, 0.4) is 0 Å². The SMILES string of the molecule is Cc1nn(CC(=O)NC(CCO)C(C)(C)C)c(C)c1Cl. The molecular weight excluding hydrogens is 278 g/mol. The first-order valence-corrected chi connectivity index (χ1v) is 7.14. The molecule has 0 saturated heterocycles. The Morgan fingerprint density at radius 2 is 2.05 bits per heavy atom. The van der Waals surface area contributed by atoms with Gasteiger partial charge in [-0.25, -0.2) is 0 Å². The van der Waals surface area contributed by atoms with Gasteiger partial charge in [0, 0.05) is 12.6 Å². The van der Waals surface area contributed by atoms with Crippen molar-refractivity contribution >= 4 is 17.5 Å². The molecule has 0 fully saturated rings. The van der Waals surface area contributed by atoms with E-state index in [1.807, 2.05) is 34.6 Å². The molecule has 1 atom stereocenters. The van der Waals surface area contributed by atoms with Crippen molar-refractivity contribution in [2.75, 3.05) is 6.61 Å². The molecule has 1 rings (SSSR count). The van der Waals surface area contributed by atoms with Gasteiger partial charge in [-0.15, -0.1) is 0 Å². The van der Waals surface area contributed by atoms with E-state index >= 15 is 0 Å². The monoisotopic (exact) mass is 301 g/mol. The summed E-state index contributed by atoms with van der Waals surface area (Å²) in [5, 5.41) is 16.9. The van der Waals surface area contributed by atoms with Crippen LogP contribution in [-0.4, -0.2) is 33.4 Å². The van der Waals surface area contributed by atoms with Crippen LogP contribution in [0.1, 0.15) is 38.6 Å². The molecule has 1 unspecified atom stereocenters. The predicted molar refractivity (Wildman–Crippen MR) is 79.8 cm³/mol. The van der Waals surface area contributed by atoms with E-state index < -0.39 is 0 Å². The highest BCUT2D eigenvalue weighted by Gasteiger charge is 2.26. The van der Waals surface area contributed by atoms with Crippen molar-refractivity contribution in [3.63, 3.8) is 0 Å². The minimum Gasteiger partial charge on any atom is -0.396 e. The second-order valence-corrected chi connectivity index (χ2v) is 6.52. The van der Waals surface area contributed by atoms with Gasteiger partial charge in [0.15, 0.2) is 0 Å². The van der Waals surface area contributed by atoms with Gasteiger partial charge in [-0.3, -0.25) is 9.48 Å². The van der Waals surface area contributed by atoms with Crippen LogP contribution in [0.15, 0.2) is 0 Å². The van der Waals surface area contributed by atoms with Crippen LogP contribution in [0, 0.1) is 19.3 Å². The number of aliphatic hydroxyl groups is 1. The summed E-state index contributed by atoms with van der Waals surface area (Å²) in [5.41, 5.74) is 1.40. The minimum absolute atomic E-state index is 0.0496. The molecule has 0 aliphatic carbocycles. The largest absolute Gasteiger partial charge is 0.396 e. The second kappa shape index (κ2) is 6.59. The van der Waals surface area contributed by atoms with Gasteiger partial charge in [-0.2, -0.15) is 5.10 Å². The summed E-state index contributed by atoms with van der Waals surface area (Å²) < 4.78 is 1.60. The third-order valence-corrected chi connectivity index (χ3v) is 3.93. The lowest BCUT2D eigenvalue weighted by Gasteiger charge is -2.31. The van der Waals surface area contributed by atoms with Crippen LogP contribution >= 0.6 is 11.6 Å². The number of rotatable bonds is 5. The number of hydrogen-bond acceptors (Lipinski definition) is 3. The zero-order chi connectivity index (χ0) is 15.5. The summed E-state index contributed by atoms with van der Waals surface area (Å²) in [6.07, 6.45) is 0.535. The van der Waals surface area contributed by atoms with Crippen molar-refractivity contribution in [1.29, 1.82) is 0 Å². The smallest absolute Gasteiger partial charge is 0.241 e. The lowest BCUT2D eigenvalue weighted by molar-refractivity contribution is -0.123. The molecule has 6 heteroatoms. The number of aryl methyl sites for hydroxylation is 1. The maximum absolute atomic E-state index is 12.1. The van der Waals surface area contributed by atoms with Crippen molar-refractivity contribution in [3.05, 3.63) is 16.4 Å². The van der Waals surface area contributed by atoms with Crippen LogP contribution in [0.5, 0.6) is 0 Å². The number of aliphatic hydroxyl groups excluding tert-OH is 1. The Bertz CT molecular complexity index is 477. The molecule has 0 bridgehead atoms. The van der Waals surface area contributed by atoms with Crippen molar-refractivity contribution in [2.24, 2.45) is 5.41 Å². The minimum atomic E-state index is -0.124. The van der Waals surface area contributed by atoms with Crippen molar-refractivity contribution in [3.8, 4) is 0 Å². The van der Waals surface area contributed by atoms with Crippen LogP contribution < -0.4 is 5.32 Å². The number of nitrogens with zero attached hydrogens (tertiary/aromatic N) is 2. The predicted octanol–water partition coefficient (Wildman–Crippen LogP) is 2.07. The van der Waals surface area contributed by atoms with Gasteiger partial charge in [0.1, 0.15) is 6.54 Å². The van der Waals surface area contributed by atoms with E-state index in [1.54, 1.807) is 4.68 Å². The average molecular weight is 302 g/mol. The summed E-state index contributed by atoms with van der Waals surface area (Å²) in [6.45, 7) is 9.94. The number of nitrogens with one attached hydrogen (secondary N) is 1. The molecule has 0 aromatic carbocycles. The van der Waals surface area contributed by atoms with Gasteiger partial charge < -0.3 is 10.4 Å². The van der Waals surface area contributed by atoms with Crippen molar-refractivity contribution < 1.29 is 9.90 Å². The number of hydrogen-bond donors (Lipinski definition) is 2. The molecule has 0 aliphatic heterocycles. The van der Waals surface area contributed by atoms with Crippen LogP contribution in [0.4, 0.5) is 0 Å². The Morgan fingerprint density at radius 1 is 1.45 bits per heavy atom. The molecule has 1 heterocycles. The summed E-state index contributed by atoms with van der Waals surface area (Å²) in [4.78, 5) is 12.1. The Labute approximate surface area is 125 Å². The number of amides is 1. The van der Waals surface area contributed by atoms with Gasteiger partial charge in [-0.05, 0) is 25.7 Å². The molecule has 5 nitrogen and oxygen atoms in total. The maximum Gasteiger partial charge on any atom is 0.241 e. The fourth-order valence-corrected chi connectivity index (χ4v) is 2.19. The van der Waals surface area contributed by atoms with Crippen LogP contribution in [-0.2, 0) is 11.3 Å². The van der Waals surface area contributed by atoms with E-state index in [9.17, 15) is 4.79 Å². The zero-order valence-electron chi connectivity index (χ0n) is 12.8. The van der Waals surface area contributed by atoms with Gasteiger partial charge in [0.25, 0.3) is 0 Å². The molecule has 0 spiro atoms. The van der Waals surface area contributed by atoms with E-state index in [0.29, 0.717) is 11.4 Å². The standard InChI is InChI=1S/C14H24ClN3O2/c1-9-13(15)10(2)18(17-9)8-12(20)16-11(6-7-19)14(3,4)5/h11,19H,6-8H2,1-5H3,(H,16,20). The summed E-state index contributed by atoms with van der Waals surface area (Å²) >= 11 is 6.06. The number of carbonyl (C=O) groups is 1. The Morgan fingerprint density at radius 3 is 2.45 bits per heavy atom. The highest BCUT2D eigenvalue weighted by atomic mass is 35.5. The third-order valence-electron chi connectivity index (χ3n) is 3.38. The maximum atomic E-state index is 12.1. The van der Waals surface area contributed by atoms with Gasteiger partial charge >= 0.3 is 0 Å². The molecule has 2 N–H and O–H groups in total. The summed E-state index contributed by atoms with van der Waals surface area (Å²) in [6, 6.07) is -0.0764. The third kappa shape index (κ3) is 4.21. The molecule has 1 aromatic rings. The topological polar surface area (TPSA) is 67.2 Å². The Hall–Kier alpha value is -1.07. The lowest BCUT2D eigenvalue weighted by Crippen LogP contribution is -2.45. The molecule has 1 aromatic heterocycles. The molecule has 20 heavy (non-hydrogen) atoms. The number of carbonyl (C=O) groups excluding carboxylic acids is 1. The summed E-state index contributed by atoms with van der Waals surface area (Å²) in [5.74, 6) is -0.124. The average Bonchev–Trinajstić information content (AvgIpc) is 2.55. The normalized spacial score (nSPS) is 13.3. The molecule has 0 saturated carbocycles. The van der Waals surface area contributed by atoms with E-state index in [4.69, 9.17) is 16.7 Å². The van der Waals surface area contributed by atoms with Crippen molar-refractivity contribution in [2.45, 2.75) is 53.6 Å².